The summed E-state index contributed by atoms with van der Waals surface area (Å²) in [7, 11) is -2.14. The predicted octanol–water partition coefficient (Wildman–Crippen LogP) is -0.490. The lowest BCUT2D eigenvalue weighted by atomic mass is 9.85. The zero-order valence-electron chi connectivity index (χ0n) is 12.6. The number of aliphatic hydroxyl groups is 1. The third-order valence-corrected chi connectivity index (χ3v) is 5.17. The number of nitrogens with zero attached hydrogens (tertiary/aromatic N) is 2. The lowest BCUT2D eigenvalue weighted by Crippen LogP contribution is -2.46. The first-order chi connectivity index (χ1) is 10.3. The second-order valence-electron chi connectivity index (χ2n) is 5.74. The molecule has 1 aliphatic rings. The van der Waals surface area contributed by atoms with Crippen molar-refractivity contribution in [2.45, 2.75) is 42.6 Å². The zero-order valence-corrected chi connectivity index (χ0v) is 13.4. The molecule has 1 fully saturated rings. The van der Waals surface area contributed by atoms with Crippen LogP contribution in [0.15, 0.2) is 17.3 Å². The summed E-state index contributed by atoms with van der Waals surface area (Å²) in [6, 6.07) is 0. The van der Waals surface area contributed by atoms with Crippen molar-refractivity contribution in [2.24, 2.45) is 7.05 Å². The predicted molar refractivity (Wildman–Crippen MR) is 79.4 cm³/mol. The van der Waals surface area contributed by atoms with E-state index < -0.39 is 21.5 Å². The standard InChI is InChI=1S/C13H22N4O4S/c1-17-9-11(7-15-17)22(20,21)16-8-12(18)14-10-13(19)5-3-2-4-6-13/h7,9,16,19H,2-6,8,10H2,1H3,(H,14,18). The molecule has 0 unspecified atom stereocenters. The average Bonchev–Trinajstić information content (AvgIpc) is 2.91. The maximum atomic E-state index is 11.9. The SMILES string of the molecule is Cn1cc(S(=O)(=O)NCC(=O)NCC2(O)CCCCC2)cn1. The highest BCUT2D eigenvalue weighted by molar-refractivity contribution is 7.89. The minimum Gasteiger partial charge on any atom is -0.388 e. The van der Waals surface area contributed by atoms with E-state index in [1.54, 1.807) is 7.05 Å². The van der Waals surface area contributed by atoms with Crippen LogP contribution >= 0.6 is 0 Å². The van der Waals surface area contributed by atoms with Gasteiger partial charge in [-0.3, -0.25) is 9.48 Å². The molecule has 22 heavy (non-hydrogen) atoms. The molecule has 0 aromatic carbocycles. The molecule has 1 heterocycles. The number of aryl methyl sites for hydroxylation is 1. The molecule has 1 aliphatic carbocycles. The van der Waals surface area contributed by atoms with Crippen LogP contribution in [-0.4, -0.2) is 47.9 Å². The minimum absolute atomic E-state index is 0.00806. The molecule has 1 aromatic rings. The van der Waals surface area contributed by atoms with Crippen molar-refractivity contribution < 1.29 is 18.3 Å². The molecule has 8 nitrogen and oxygen atoms in total. The summed E-state index contributed by atoms with van der Waals surface area (Å²) in [4.78, 5) is 11.7. The molecule has 1 amide bonds. The van der Waals surface area contributed by atoms with Crippen molar-refractivity contribution >= 4 is 15.9 Å². The van der Waals surface area contributed by atoms with Gasteiger partial charge < -0.3 is 10.4 Å². The maximum Gasteiger partial charge on any atom is 0.244 e. The molecule has 1 aromatic heterocycles. The quantitative estimate of drug-likeness (QED) is 0.651. The van der Waals surface area contributed by atoms with Gasteiger partial charge in [0.1, 0.15) is 4.90 Å². The van der Waals surface area contributed by atoms with E-state index in [-0.39, 0.29) is 18.0 Å². The average molecular weight is 330 g/mol. The maximum absolute atomic E-state index is 11.9. The molecule has 0 atom stereocenters. The summed E-state index contributed by atoms with van der Waals surface area (Å²) >= 11 is 0. The van der Waals surface area contributed by atoms with Gasteiger partial charge >= 0.3 is 0 Å². The fourth-order valence-corrected chi connectivity index (χ4v) is 3.46. The number of carbonyl (C=O) groups excluding carboxylic acids is 1. The fourth-order valence-electron chi connectivity index (χ4n) is 2.49. The number of rotatable bonds is 6. The van der Waals surface area contributed by atoms with E-state index in [4.69, 9.17) is 0 Å². The van der Waals surface area contributed by atoms with Crippen LogP contribution in [0.1, 0.15) is 32.1 Å². The molecule has 0 bridgehead atoms. The van der Waals surface area contributed by atoms with Crippen LogP contribution in [0.4, 0.5) is 0 Å². The lowest BCUT2D eigenvalue weighted by Gasteiger charge is -2.32. The molecule has 0 aliphatic heterocycles. The van der Waals surface area contributed by atoms with Crippen LogP contribution in [-0.2, 0) is 21.9 Å². The summed E-state index contributed by atoms with van der Waals surface area (Å²) in [6.45, 7) is -0.215. The number of nitrogens with one attached hydrogen (secondary N) is 2. The number of sulfonamides is 1. The summed E-state index contributed by atoms with van der Waals surface area (Å²) in [6.07, 6.45) is 6.88. The van der Waals surface area contributed by atoms with Crippen molar-refractivity contribution in [1.29, 1.82) is 0 Å². The lowest BCUT2D eigenvalue weighted by molar-refractivity contribution is -0.121. The van der Waals surface area contributed by atoms with Crippen LogP contribution in [0.25, 0.3) is 0 Å². The third kappa shape index (κ3) is 4.52. The van der Waals surface area contributed by atoms with Gasteiger partial charge in [-0.05, 0) is 12.8 Å². The summed E-state index contributed by atoms with van der Waals surface area (Å²) in [5.74, 6) is -0.466. The molecule has 9 heteroatoms. The molecular weight excluding hydrogens is 308 g/mol. The second-order valence-corrected chi connectivity index (χ2v) is 7.50. The summed E-state index contributed by atoms with van der Waals surface area (Å²) in [5, 5.41) is 16.6. The Labute approximate surface area is 129 Å². The van der Waals surface area contributed by atoms with Gasteiger partial charge in [0.2, 0.25) is 15.9 Å². The Morgan fingerprint density at radius 3 is 2.68 bits per heavy atom. The van der Waals surface area contributed by atoms with E-state index in [0.29, 0.717) is 12.8 Å². The first-order valence-electron chi connectivity index (χ1n) is 7.28. The Morgan fingerprint density at radius 1 is 1.41 bits per heavy atom. The number of carbonyl (C=O) groups is 1. The van der Waals surface area contributed by atoms with Gasteiger partial charge in [-0.25, -0.2) is 13.1 Å². The Hall–Kier alpha value is -1.45. The van der Waals surface area contributed by atoms with E-state index in [9.17, 15) is 18.3 Å². The van der Waals surface area contributed by atoms with Crippen molar-refractivity contribution in [1.82, 2.24) is 19.8 Å². The summed E-state index contributed by atoms with van der Waals surface area (Å²) in [5.41, 5.74) is -0.865. The van der Waals surface area contributed by atoms with Gasteiger partial charge in [-0.1, -0.05) is 19.3 Å². The number of aromatic nitrogens is 2. The Morgan fingerprint density at radius 2 is 2.09 bits per heavy atom. The highest BCUT2D eigenvalue weighted by Gasteiger charge is 2.29. The van der Waals surface area contributed by atoms with E-state index in [0.717, 1.165) is 19.3 Å². The second kappa shape index (κ2) is 6.76. The highest BCUT2D eigenvalue weighted by atomic mass is 32.2. The molecule has 2 rings (SSSR count). The fraction of sp³-hybridized carbons (Fsp3) is 0.692. The molecule has 3 N–H and O–H groups in total. The van der Waals surface area contributed by atoms with Crippen LogP contribution in [0.2, 0.25) is 0 Å². The third-order valence-electron chi connectivity index (χ3n) is 3.81. The Kier molecular flexibility index (Phi) is 5.20. The Balaban J connectivity index is 1.80. The molecule has 0 saturated heterocycles. The van der Waals surface area contributed by atoms with Crippen LogP contribution < -0.4 is 10.0 Å². The van der Waals surface area contributed by atoms with Gasteiger partial charge in [0.05, 0.1) is 18.3 Å². The number of amides is 1. The first-order valence-corrected chi connectivity index (χ1v) is 8.76. The van der Waals surface area contributed by atoms with E-state index >= 15 is 0 Å². The van der Waals surface area contributed by atoms with E-state index in [1.807, 2.05) is 0 Å². The molecule has 124 valence electrons. The van der Waals surface area contributed by atoms with Crippen molar-refractivity contribution in [3.8, 4) is 0 Å². The molecule has 1 saturated carbocycles. The van der Waals surface area contributed by atoms with Gasteiger partial charge in [-0.2, -0.15) is 5.10 Å². The van der Waals surface area contributed by atoms with Gasteiger partial charge in [-0.15, -0.1) is 0 Å². The van der Waals surface area contributed by atoms with Gasteiger partial charge in [0, 0.05) is 19.8 Å². The van der Waals surface area contributed by atoms with Crippen LogP contribution in [0.5, 0.6) is 0 Å². The van der Waals surface area contributed by atoms with E-state index in [1.165, 1.54) is 17.1 Å². The van der Waals surface area contributed by atoms with Crippen molar-refractivity contribution in [2.75, 3.05) is 13.1 Å². The molecule has 0 spiro atoms. The van der Waals surface area contributed by atoms with Gasteiger partial charge in [0.25, 0.3) is 0 Å². The van der Waals surface area contributed by atoms with Gasteiger partial charge in [0.15, 0.2) is 0 Å². The smallest absolute Gasteiger partial charge is 0.244 e. The highest BCUT2D eigenvalue weighted by Crippen LogP contribution is 2.27. The van der Waals surface area contributed by atoms with E-state index in [2.05, 4.69) is 15.1 Å². The zero-order chi connectivity index (χ0) is 16.2. The topological polar surface area (TPSA) is 113 Å². The number of hydrogen-bond donors (Lipinski definition) is 3. The summed E-state index contributed by atoms with van der Waals surface area (Å²) < 4.78 is 27.4. The van der Waals surface area contributed by atoms with Crippen LogP contribution in [0, 0.1) is 0 Å². The minimum atomic E-state index is -3.75. The molecule has 0 radical (unpaired) electrons. The monoisotopic (exact) mass is 330 g/mol. The van der Waals surface area contributed by atoms with Crippen molar-refractivity contribution in [3.63, 3.8) is 0 Å². The number of hydrogen-bond acceptors (Lipinski definition) is 5. The molecular formula is C13H22N4O4S. The van der Waals surface area contributed by atoms with Crippen LogP contribution in [0.3, 0.4) is 0 Å². The first kappa shape index (κ1) is 16.9. The van der Waals surface area contributed by atoms with Crippen molar-refractivity contribution in [3.05, 3.63) is 12.4 Å². The Bertz CT molecular complexity index is 620. The normalized spacial score (nSPS) is 18.1. The largest absolute Gasteiger partial charge is 0.388 e.